The van der Waals surface area contributed by atoms with E-state index < -0.39 is 4.92 Å². The first-order chi connectivity index (χ1) is 13.7. The molecule has 0 saturated carbocycles. The highest BCUT2D eigenvalue weighted by Gasteiger charge is 2.33. The number of nitrogens with zero attached hydrogens (tertiary/aromatic N) is 4. The summed E-state index contributed by atoms with van der Waals surface area (Å²) in [6.45, 7) is 2.85. The highest BCUT2D eigenvalue weighted by atomic mass is 16.6. The van der Waals surface area contributed by atoms with Crippen LogP contribution in [0.2, 0.25) is 0 Å². The summed E-state index contributed by atoms with van der Waals surface area (Å²) in [5.74, 6) is 0.866. The number of nitro groups is 1. The first kappa shape index (κ1) is 18.2. The van der Waals surface area contributed by atoms with Crippen molar-refractivity contribution in [1.29, 1.82) is 0 Å². The normalized spacial score (nSPS) is 16.9. The van der Waals surface area contributed by atoms with Crippen molar-refractivity contribution in [2.45, 2.75) is 38.6 Å². The van der Waals surface area contributed by atoms with Crippen LogP contribution in [0.5, 0.6) is 11.6 Å². The summed E-state index contributed by atoms with van der Waals surface area (Å²) in [6.07, 6.45) is 5.41. The molecule has 1 aromatic heterocycles. The van der Waals surface area contributed by atoms with Crippen LogP contribution in [0.4, 0.5) is 11.5 Å². The molecule has 28 heavy (non-hydrogen) atoms. The molecule has 3 aromatic rings. The largest absolute Gasteiger partial charge is 0.433 e. The number of hydrogen-bond acceptors (Lipinski definition) is 6. The monoisotopic (exact) mass is 378 g/mol. The Morgan fingerprint density at radius 3 is 2.82 bits per heavy atom. The van der Waals surface area contributed by atoms with E-state index in [1.54, 1.807) is 6.07 Å². The fourth-order valence-corrected chi connectivity index (χ4v) is 3.89. The Kier molecular flexibility index (Phi) is 5.06. The summed E-state index contributed by atoms with van der Waals surface area (Å²) in [7, 11) is 0. The van der Waals surface area contributed by atoms with Crippen molar-refractivity contribution >= 4 is 22.3 Å². The Labute approximate surface area is 163 Å². The Bertz CT molecular complexity index is 1000. The van der Waals surface area contributed by atoms with Crippen LogP contribution in [0.15, 0.2) is 48.8 Å². The lowest BCUT2D eigenvalue weighted by Gasteiger charge is -2.35. The Hall–Kier alpha value is -3.22. The predicted octanol–water partition coefficient (Wildman–Crippen LogP) is 5.10. The first-order valence-electron chi connectivity index (χ1n) is 9.60. The van der Waals surface area contributed by atoms with Crippen LogP contribution < -0.4 is 9.64 Å². The number of anilines is 1. The summed E-state index contributed by atoms with van der Waals surface area (Å²) in [6, 6.07) is 13.6. The van der Waals surface area contributed by atoms with E-state index in [0.29, 0.717) is 11.6 Å². The fourth-order valence-electron chi connectivity index (χ4n) is 3.89. The van der Waals surface area contributed by atoms with Crippen LogP contribution in [-0.2, 0) is 0 Å². The minimum Gasteiger partial charge on any atom is -0.433 e. The third-order valence-corrected chi connectivity index (χ3v) is 5.28. The van der Waals surface area contributed by atoms with Gasteiger partial charge in [-0.2, -0.15) is 4.98 Å². The predicted molar refractivity (Wildman–Crippen MR) is 108 cm³/mol. The maximum absolute atomic E-state index is 12.0. The molecule has 0 aliphatic carbocycles. The van der Waals surface area contributed by atoms with Gasteiger partial charge in [-0.1, -0.05) is 43.3 Å². The average molecular weight is 378 g/mol. The molecule has 1 fully saturated rings. The van der Waals surface area contributed by atoms with Crippen molar-refractivity contribution in [3.8, 4) is 11.6 Å². The third kappa shape index (κ3) is 3.35. The van der Waals surface area contributed by atoms with Gasteiger partial charge < -0.3 is 9.64 Å². The lowest BCUT2D eigenvalue weighted by molar-refractivity contribution is -0.385. The number of ether oxygens (including phenoxy) is 1. The van der Waals surface area contributed by atoms with Gasteiger partial charge in [-0.3, -0.25) is 10.1 Å². The minimum atomic E-state index is -0.433. The number of benzene rings is 2. The number of aromatic nitrogens is 2. The molecule has 2 heterocycles. The molecular weight excluding hydrogens is 356 g/mol. The van der Waals surface area contributed by atoms with Crippen LogP contribution in [0.1, 0.15) is 32.6 Å². The molecule has 7 nitrogen and oxygen atoms in total. The van der Waals surface area contributed by atoms with Crippen molar-refractivity contribution < 1.29 is 9.66 Å². The first-order valence-corrected chi connectivity index (χ1v) is 9.60. The van der Waals surface area contributed by atoms with E-state index in [1.165, 1.54) is 6.33 Å². The minimum absolute atomic E-state index is 0.0215. The smallest absolute Gasteiger partial charge is 0.373 e. The molecule has 0 radical (unpaired) electrons. The van der Waals surface area contributed by atoms with Gasteiger partial charge in [0.1, 0.15) is 12.1 Å². The molecule has 2 aromatic carbocycles. The van der Waals surface area contributed by atoms with E-state index >= 15 is 0 Å². The van der Waals surface area contributed by atoms with Gasteiger partial charge in [-0.05, 0) is 37.1 Å². The van der Waals surface area contributed by atoms with Crippen molar-refractivity contribution in [2.24, 2.45) is 0 Å². The quantitative estimate of drug-likeness (QED) is 0.454. The second-order valence-electron chi connectivity index (χ2n) is 6.94. The molecule has 7 heteroatoms. The molecule has 1 aliphatic rings. The molecule has 1 saturated heterocycles. The molecule has 0 spiro atoms. The topological polar surface area (TPSA) is 81.4 Å². The van der Waals surface area contributed by atoms with E-state index in [9.17, 15) is 10.1 Å². The maximum Gasteiger partial charge on any atom is 0.373 e. The Morgan fingerprint density at radius 2 is 2.00 bits per heavy atom. The standard InChI is InChI=1S/C21H22N4O3/c1-2-16-10-5-6-13-24(16)20-19(25(26)27)21(23-14-22-20)28-18-12-7-9-15-8-3-4-11-17(15)18/h3-4,7-9,11-12,14,16H,2,5-6,10,13H2,1H3. The van der Waals surface area contributed by atoms with Crippen molar-refractivity contribution in [1.82, 2.24) is 9.97 Å². The van der Waals surface area contributed by atoms with Crippen molar-refractivity contribution in [3.05, 3.63) is 58.9 Å². The summed E-state index contributed by atoms with van der Waals surface area (Å²) in [5, 5.41) is 13.8. The molecule has 0 amide bonds. The zero-order valence-electron chi connectivity index (χ0n) is 15.7. The second-order valence-corrected chi connectivity index (χ2v) is 6.94. The van der Waals surface area contributed by atoms with Crippen LogP contribution >= 0.6 is 0 Å². The van der Waals surface area contributed by atoms with Crippen molar-refractivity contribution in [2.75, 3.05) is 11.4 Å². The SMILES string of the molecule is CCC1CCCCN1c1ncnc(Oc2cccc3ccccc23)c1[N+](=O)[O-]. The number of fused-ring (bicyclic) bond motifs is 1. The average Bonchev–Trinajstić information content (AvgIpc) is 2.73. The van der Waals surface area contributed by atoms with E-state index in [4.69, 9.17) is 4.74 Å². The van der Waals surface area contributed by atoms with Crippen molar-refractivity contribution in [3.63, 3.8) is 0 Å². The highest BCUT2D eigenvalue weighted by molar-refractivity contribution is 5.88. The molecule has 1 aliphatic heterocycles. The lowest BCUT2D eigenvalue weighted by atomic mass is 10.00. The van der Waals surface area contributed by atoms with Crippen LogP contribution in [0.3, 0.4) is 0 Å². The summed E-state index contributed by atoms with van der Waals surface area (Å²) in [4.78, 5) is 21.9. The summed E-state index contributed by atoms with van der Waals surface area (Å²) in [5.41, 5.74) is -0.171. The molecule has 4 rings (SSSR count). The fraction of sp³-hybridized carbons (Fsp3) is 0.333. The lowest BCUT2D eigenvalue weighted by Crippen LogP contribution is -2.40. The second kappa shape index (κ2) is 7.80. The van der Waals surface area contributed by atoms with Crippen LogP contribution in [0, 0.1) is 10.1 Å². The Balaban J connectivity index is 1.78. The van der Waals surface area contributed by atoms with E-state index in [2.05, 4.69) is 16.9 Å². The van der Waals surface area contributed by atoms with Gasteiger partial charge in [-0.15, -0.1) is 0 Å². The van der Waals surface area contributed by atoms with Gasteiger partial charge in [0, 0.05) is 18.0 Å². The van der Waals surface area contributed by atoms with E-state index in [1.807, 2.05) is 41.3 Å². The van der Waals surface area contributed by atoms with Gasteiger partial charge in [0.05, 0.1) is 4.92 Å². The number of rotatable bonds is 5. The van der Waals surface area contributed by atoms with Gasteiger partial charge in [-0.25, -0.2) is 4.98 Å². The molecule has 1 atom stereocenters. The van der Waals surface area contributed by atoms with Gasteiger partial charge in [0.25, 0.3) is 0 Å². The van der Waals surface area contributed by atoms with E-state index in [-0.39, 0.29) is 17.6 Å². The molecule has 144 valence electrons. The molecule has 0 N–H and O–H groups in total. The molecule has 1 unspecified atom stereocenters. The summed E-state index contributed by atoms with van der Waals surface area (Å²) < 4.78 is 5.97. The molecule has 0 bridgehead atoms. The van der Waals surface area contributed by atoms with Crippen LogP contribution in [0.25, 0.3) is 10.8 Å². The summed E-state index contributed by atoms with van der Waals surface area (Å²) >= 11 is 0. The van der Waals surface area contributed by atoms with Gasteiger partial charge in [0.15, 0.2) is 0 Å². The maximum atomic E-state index is 12.0. The zero-order chi connectivity index (χ0) is 19.5. The Morgan fingerprint density at radius 1 is 1.18 bits per heavy atom. The van der Waals surface area contributed by atoms with Crippen LogP contribution in [-0.4, -0.2) is 27.5 Å². The van der Waals surface area contributed by atoms with E-state index in [0.717, 1.165) is 43.0 Å². The zero-order valence-corrected chi connectivity index (χ0v) is 15.7. The number of piperidine rings is 1. The number of hydrogen-bond donors (Lipinski definition) is 0. The highest BCUT2D eigenvalue weighted by Crippen LogP contribution is 2.40. The molecular formula is C21H22N4O3. The van der Waals surface area contributed by atoms with Gasteiger partial charge in [0.2, 0.25) is 5.82 Å². The third-order valence-electron chi connectivity index (χ3n) is 5.28. The van der Waals surface area contributed by atoms with Gasteiger partial charge >= 0.3 is 11.6 Å².